The highest BCUT2D eigenvalue weighted by Gasteiger charge is 2.20. The van der Waals surface area contributed by atoms with E-state index >= 15 is 0 Å². The normalized spacial score (nSPS) is 11.0. The van der Waals surface area contributed by atoms with E-state index in [0.717, 1.165) is 16.7 Å². The summed E-state index contributed by atoms with van der Waals surface area (Å²) in [6, 6.07) is 15.3. The van der Waals surface area contributed by atoms with Gasteiger partial charge >= 0.3 is 11.8 Å². The van der Waals surface area contributed by atoms with Crippen LogP contribution >= 0.6 is 0 Å². The van der Waals surface area contributed by atoms with Crippen molar-refractivity contribution in [3.05, 3.63) is 65.2 Å². The second kappa shape index (κ2) is 7.30. The number of amides is 2. The van der Waals surface area contributed by atoms with Gasteiger partial charge in [0.25, 0.3) is 0 Å². The van der Waals surface area contributed by atoms with Crippen LogP contribution in [0.3, 0.4) is 0 Å². The molecule has 24 heavy (non-hydrogen) atoms. The maximum absolute atomic E-state index is 12.2. The summed E-state index contributed by atoms with van der Waals surface area (Å²) in [5.74, 6) is -1.29. The van der Waals surface area contributed by atoms with E-state index in [0.29, 0.717) is 12.2 Å². The van der Waals surface area contributed by atoms with E-state index in [1.807, 2.05) is 55.5 Å². The third-order valence-corrected chi connectivity index (χ3v) is 3.73. The molecule has 4 nitrogen and oxygen atoms in total. The summed E-state index contributed by atoms with van der Waals surface area (Å²) in [5, 5.41) is 5.37. The lowest BCUT2D eigenvalue weighted by atomic mass is 9.86. The van der Waals surface area contributed by atoms with Crippen LogP contribution in [-0.2, 0) is 21.5 Å². The summed E-state index contributed by atoms with van der Waals surface area (Å²) in [4.78, 5) is 24.2. The molecule has 0 aromatic heterocycles. The molecule has 0 heterocycles. The molecule has 0 fully saturated rings. The molecule has 4 heteroatoms. The fraction of sp³-hybridized carbons (Fsp3) is 0.300. The molecule has 0 aliphatic heterocycles. The van der Waals surface area contributed by atoms with E-state index in [2.05, 4.69) is 31.4 Å². The summed E-state index contributed by atoms with van der Waals surface area (Å²) in [6.45, 7) is 8.51. The molecule has 2 amide bonds. The maximum atomic E-state index is 12.2. The number of carbonyl (C=O) groups excluding carboxylic acids is 2. The molecule has 2 N–H and O–H groups in total. The molecule has 0 spiro atoms. The van der Waals surface area contributed by atoms with Crippen molar-refractivity contribution in [2.75, 3.05) is 5.32 Å². The van der Waals surface area contributed by atoms with Crippen molar-refractivity contribution in [1.82, 2.24) is 5.32 Å². The molecule has 2 aromatic carbocycles. The Labute approximate surface area is 143 Å². The average molecular weight is 324 g/mol. The maximum Gasteiger partial charge on any atom is 0.313 e. The van der Waals surface area contributed by atoms with Crippen LogP contribution in [0, 0.1) is 6.92 Å². The van der Waals surface area contributed by atoms with Gasteiger partial charge in [0, 0.05) is 12.2 Å². The van der Waals surface area contributed by atoms with Crippen molar-refractivity contribution in [2.24, 2.45) is 0 Å². The van der Waals surface area contributed by atoms with E-state index in [-0.39, 0.29) is 5.41 Å². The lowest BCUT2D eigenvalue weighted by molar-refractivity contribution is -0.136. The molecule has 0 saturated carbocycles. The van der Waals surface area contributed by atoms with Crippen LogP contribution in [0.25, 0.3) is 0 Å². The van der Waals surface area contributed by atoms with Gasteiger partial charge in [-0.1, -0.05) is 68.8 Å². The largest absolute Gasteiger partial charge is 0.344 e. The highest BCUT2D eigenvalue weighted by Crippen LogP contribution is 2.29. The summed E-state index contributed by atoms with van der Waals surface area (Å²) in [5.41, 5.74) is 3.61. The summed E-state index contributed by atoms with van der Waals surface area (Å²) >= 11 is 0. The molecule has 0 bridgehead atoms. The van der Waals surface area contributed by atoms with Crippen molar-refractivity contribution >= 4 is 17.5 Å². The zero-order valence-corrected chi connectivity index (χ0v) is 14.6. The second-order valence-electron chi connectivity index (χ2n) is 6.92. The number of hydrogen-bond acceptors (Lipinski definition) is 2. The second-order valence-corrected chi connectivity index (χ2v) is 6.92. The van der Waals surface area contributed by atoms with Crippen LogP contribution < -0.4 is 10.6 Å². The quantitative estimate of drug-likeness (QED) is 0.848. The Morgan fingerprint density at radius 3 is 2.33 bits per heavy atom. The lowest BCUT2D eigenvalue weighted by Gasteiger charge is -2.22. The van der Waals surface area contributed by atoms with Crippen molar-refractivity contribution in [2.45, 2.75) is 39.7 Å². The first kappa shape index (κ1) is 17.7. The van der Waals surface area contributed by atoms with E-state index in [4.69, 9.17) is 0 Å². The van der Waals surface area contributed by atoms with Gasteiger partial charge in [-0.05, 0) is 29.5 Å². The molecule has 0 saturated heterocycles. The van der Waals surface area contributed by atoms with Crippen molar-refractivity contribution in [3.8, 4) is 0 Å². The van der Waals surface area contributed by atoms with E-state index in [1.54, 1.807) is 0 Å². The monoisotopic (exact) mass is 324 g/mol. The predicted octanol–water partition coefficient (Wildman–Crippen LogP) is 3.55. The van der Waals surface area contributed by atoms with Gasteiger partial charge in [0.1, 0.15) is 0 Å². The minimum Gasteiger partial charge on any atom is -0.344 e. The molecular formula is C20H24N2O2. The van der Waals surface area contributed by atoms with Gasteiger partial charge in [-0.3, -0.25) is 9.59 Å². The molecule has 126 valence electrons. The minimum atomic E-state index is -0.653. The molecule has 0 aliphatic carbocycles. The number of hydrogen-bond donors (Lipinski definition) is 2. The summed E-state index contributed by atoms with van der Waals surface area (Å²) in [6.07, 6.45) is 0. The smallest absolute Gasteiger partial charge is 0.313 e. The Hall–Kier alpha value is -2.62. The Kier molecular flexibility index (Phi) is 5.39. The number of carbonyl (C=O) groups is 2. The molecule has 0 unspecified atom stereocenters. The number of nitrogens with one attached hydrogen (secondary N) is 2. The van der Waals surface area contributed by atoms with Crippen LogP contribution in [0.2, 0.25) is 0 Å². The number of para-hydroxylation sites is 1. The number of anilines is 1. The van der Waals surface area contributed by atoms with Crippen LogP contribution in [0.4, 0.5) is 5.69 Å². The van der Waals surface area contributed by atoms with E-state index in [9.17, 15) is 9.59 Å². The first-order chi connectivity index (χ1) is 11.3. The SMILES string of the molecule is Cc1cccc(CNC(=O)C(=O)Nc2ccccc2C(C)(C)C)c1. The van der Waals surface area contributed by atoms with Crippen molar-refractivity contribution in [1.29, 1.82) is 0 Å². The molecular weight excluding hydrogens is 300 g/mol. The third-order valence-electron chi connectivity index (χ3n) is 3.73. The summed E-state index contributed by atoms with van der Waals surface area (Å²) in [7, 11) is 0. The third kappa shape index (κ3) is 4.69. The van der Waals surface area contributed by atoms with Gasteiger partial charge in [0.05, 0.1) is 0 Å². The standard InChI is InChI=1S/C20H24N2O2/c1-14-8-7-9-15(12-14)13-21-18(23)19(24)22-17-11-6-5-10-16(17)20(2,3)4/h5-12H,13H2,1-4H3,(H,21,23)(H,22,24). The number of benzene rings is 2. The highest BCUT2D eigenvalue weighted by molar-refractivity contribution is 6.39. The van der Waals surface area contributed by atoms with Gasteiger partial charge in [-0.2, -0.15) is 0 Å². The Balaban J connectivity index is 2.01. The molecule has 0 aliphatic rings. The van der Waals surface area contributed by atoms with E-state index in [1.165, 1.54) is 0 Å². The Morgan fingerprint density at radius 1 is 0.958 bits per heavy atom. The molecule has 0 radical (unpaired) electrons. The molecule has 2 rings (SSSR count). The Morgan fingerprint density at radius 2 is 1.67 bits per heavy atom. The zero-order valence-electron chi connectivity index (χ0n) is 14.6. The first-order valence-electron chi connectivity index (χ1n) is 8.01. The summed E-state index contributed by atoms with van der Waals surface area (Å²) < 4.78 is 0. The van der Waals surface area contributed by atoms with Crippen LogP contribution in [0.15, 0.2) is 48.5 Å². The van der Waals surface area contributed by atoms with Gasteiger partial charge < -0.3 is 10.6 Å². The van der Waals surface area contributed by atoms with Gasteiger partial charge in [-0.25, -0.2) is 0 Å². The average Bonchev–Trinajstić information content (AvgIpc) is 2.52. The van der Waals surface area contributed by atoms with Gasteiger partial charge in [0.15, 0.2) is 0 Å². The topological polar surface area (TPSA) is 58.2 Å². The fourth-order valence-corrected chi connectivity index (χ4v) is 2.51. The van der Waals surface area contributed by atoms with E-state index < -0.39 is 11.8 Å². The highest BCUT2D eigenvalue weighted by atomic mass is 16.2. The van der Waals surface area contributed by atoms with Gasteiger partial charge in [0.2, 0.25) is 0 Å². The van der Waals surface area contributed by atoms with Crippen LogP contribution in [0.5, 0.6) is 0 Å². The lowest BCUT2D eigenvalue weighted by Crippen LogP contribution is -2.35. The molecule has 2 aromatic rings. The Bertz CT molecular complexity index is 745. The van der Waals surface area contributed by atoms with Crippen molar-refractivity contribution < 1.29 is 9.59 Å². The first-order valence-corrected chi connectivity index (χ1v) is 8.01. The number of rotatable bonds is 3. The zero-order chi connectivity index (χ0) is 17.7. The minimum absolute atomic E-state index is 0.123. The fourth-order valence-electron chi connectivity index (χ4n) is 2.51. The molecule has 0 atom stereocenters. The van der Waals surface area contributed by atoms with Crippen molar-refractivity contribution in [3.63, 3.8) is 0 Å². The predicted molar refractivity (Wildman–Crippen MR) is 96.8 cm³/mol. The van der Waals surface area contributed by atoms with Crippen LogP contribution in [0.1, 0.15) is 37.5 Å². The number of aryl methyl sites for hydroxylation is 1. The van der Waals surface area contributed by atoms with Crippen LogP contribution in [-0.4, -0.2) is 11.8 Å². The van der Waals surface area contributed by atoms with Gasteiger partial charge in [-0.15, -0.1) is 0 Å².